The molecule has 2 N–H and O–H groups in total. The van der Waals surface area contributed by atoms with Crippen molar-refractivity contribution >= 4 is 12.4 Å². The van der Waals surface area contributed by atoms with Gasteiger partial charge >= 0.3 is 0 Å². The molecule has 1 rings (SSSR count). The summed E-state index contributed by atoms with van der Waals surface area (Å²) in [6.07, 6.45) is 0. The Bertz CT molecular complexity index is 302. The van der Waals surface area contributed by atoms with Crippen molar-refractivity contribution in [2.75, 3.05) is 0 Å². The second-order valence-corrected chi connectivity index (χ2v) is 2.55. The largest absolute Gasteiger partial charge is 0.324 e. The topological polar surface area (TPSA) is 26.0 Å². The first kappa shape index (κ1) is 12.3. The molecule has 0 fully saturated rings. The molecule has 0 aliphatic carbocycles. The minimum atomic E-state index is -1.47. The van der Waals surface area contributed by atoms with Crippen LogP contribution in [0.1, 0.15) is 18.5 Å². The molecule has 74 valence electrons. The highest BCUT2D eigenvalue weighted by atomic mass is 35.5. The molecule has 0 spiro atoms. The van der Waals surface area contributed by atoms with E-state index in [1.54, 1.807) is 0 Å². The molecule has 1 aromatic carbocycles. The van der Waals surface area contributed by atoms with Gasteiger partial charge in [0.15, 0.2) is 17.5 Å². The molecule has 1 aromatic rings. The summed E-state index contributed by atoms with van der Waals surface area (Å²) in [5.41, 5.74) is 5.28. The Morgan fingerprint density at radius 3 is 2.15 bits per heavy atom. The quantitative estimate of drug-likeness (QED) is 0.710. The fourth-order valence-electron chi connectivity index (χ4n) is 0.893. The lowest BCUT2D eigenvalue weighted by molar-refractivity contribution is 0.437. The van der Waals surface area contributed by atoms with Crippen LogP contribution in [0.3, 0.4) is 0 Å². The molecular formula is C8H9ClF3N. The van der Waals surface area contributed by atoms with Crippen LogP contribution in [0.25, 0.3) is 0 Å². The molecule has 0 saturated carbocycles. The minimum absolute atomic E-state index is 0. The van der Waals surface area contributed by atoms with Gasteiger partial charge in [-0.25, -0.2) is 13.2 Å². The van der Waals surface area contributed by atoms with Crippen molar-refractivity contribution in [3.8, 4) is 0 Å². The summed E-state index contributed by atoms with van der Waals surface area (Å²) in [5, 5.41) is 0. The zero-order chi connectivity index (χ0) is 9.30. The lowest BCUT2D eigenvalue weighted by Gasteiger charge is -2.07. The first-order chi connectivity index (χ1) is 5.54. The highest BCUT2D eigenvalue weighted by Crippen LogP contribution is 2.19. The van der Waals surface area contributed by atoms with Crippen molar-refractivity contribution in [2.45, 2.75) is 13.0 Å². The normalized spacial score (nSPS) is 12.1. The van der Waals surface area contributed by atoms with E-state index in [0.29, 0.717) is 0 Å². The monoisotopic (exact) mass is 211 g/mol. The Balaban J connectivity index is 0.00000144. The van der Waals surface area contributed by atoms with E-state index in [1.807, 2.05) is 0 Å². The Labute approximate surface area is 80.2 Å². The van der Waals surface area contributed by atoms with E-state index in [0.717, 1.165) is 12.1 Å². The highest BCUT2D eigenvalue weighted by Gasteiger charge is 2.14. The lowest BCUT2D eigenvalue weighted by Crippen LogP contribution is -2.09. The van der Waals surface area contributed by atoms with Crippen molar-refractivity contribution in [1.82, 2.24) is 0 Å². The van der Waals surface area contributed by atoms with E-state index in [1.165, 1.54) is 6.92 Å². The molecule has 13 heavy (non-hydrogen) atoms. The van der Waals surface area contributed by atoms with Gasteiger partial charge in [0.1, 0.15) is 0 Å². The van der Waals surface area contributed by atoms with E-state index in [-0.39, 0.29) is 18.0 Å². The summed E-state index contributed by atoms with van der Waals surface area (Å²) in [6.45, 7) is 1.50. The molecule has 1 atom stereocenters. The first-order valence-electron chi connectivity index (χ1n) is 3.43. The average molecular weight is 212 g/mol. The van der Waals surface area contributed by atoms with Gasteiger partial charge in [-0.1, -0.05) is 6.07 Å². The fraction of sp³-hybridized carbons (Fsp3) is 0.250. The van der Waals surface area contributed by atoms with Crippen LogP contribution in [0.2, 0.25) is 0 Å². The predicted octanol–water partition coefficient (Wildman–Crippen LogP) is 2.55. The van der Waals surface area contributed by atoms with Gasteiger partial charge < -0.3 is 5.73 Å². The summed E-state index contributed by atoms with van der Waals surface area (Å²) in [5.74, 6) is -3.87. The zero-order valence-corrected chi connectivity index (χ0v) is 7.67. The summed E-state index contributed by atoms with van der Waals surface area (Å²) >= 11 is 0. The van der Waals surface area contributed by atoms with Gasteiger partial charge in [0, 0.05) is 11.6 Å². The van der Waals surface area contributed by atoms with Gasteiger partial charge in [-0.05, 0) is 13.0 Å². The molecule has 0 aliphatic rings. The molecule has 0 aromatic heterocycles. The maximum absolute atomic E-state index is 12.8. The van der Waals surface area contributed by atoms with Crippen LogP contribution < -0.4 is 5.73 Å². The van der Waals surface area contributed by atoms with Gasteiger partial charge in [-0.3, -0.25) is 0 Å². The van der Waals surface area contributed by atoms with E-state index >= 15 is 0 Å². The lowest BCUT2D eigenvalue weighted by atomic mass is 10.1. The predicted molar refractivity (Wildman–Crippen MR) is 46.2 cm³/mol. The number of benzene rings is 1. The van der Waals surface area contributed by atoms with Gasteiger partial charge in [-0.15, -0.1) is 12.4 Å². The molecular weight excluding hydrogens is 203 g/mol. The molecule has 0 saturated heterocycles. The highest BCUT2D eigenvalue weighted by molar-refractivity contribution is 5.85. The van der Waals surface area contributed by atoms with Crippen LogP contribution in [-0.4, -0.2) is 0 Å². The summed E-state index contributed by atoms with van der Waals surface area (Å²) in [6, 6.07) is 1.36. The summed E-state index contributed by atoms with van der Waals surface area (Å²) in [4.78, 5) is 0. The number of hydrogen-bond acceptors (Lipinski definition) is 1. The molecule has 1 nitrogen and oxygen atoms in total. The molecule has 5 heteroatoms. The third-order valence-electron chi connectivity index (χ3n) is 1.56. The van der Waals surface area contributed by atoms with Gasteiger partial charge in [0.2, 0.25) is 0 Å². The summed E-state index contributed by atoms with van der Waals surface area (Å²) in [7, 11) is 0. The van der Waals surface area contributed by atoms with Crippen molar-refractivity contribution in [1.29, 1.82) is 0 Å². The van der Waals surface area contributed by atoms with E-state index < -0.39 is 23.5 Å². The van der Waals surface area contributed by atoms with Crippen molar-refractivity contribution in [3.05, 3.63) is 35.1 Å². The zero-order valence-electron chi connectivity index (χ0n) is 6.85. The first-order valence-corrected chi connectivity index (χ1v) is 3.43. The minimum Gasteiger partial charge on any atom is -0.324 e. The van der Waals surface area contributed by atoms with Crippen LogP contribution in [0, 0.1) is 17.5 Å². The van der Waals surface area contributed by atoms with Crippen LogP contribution >= 0.6 is 12.4 Å². The standard InChI is InChI=1S/C8H8F3N.ClH/c1-4(12)5-2-3-6(9)8(11)7(5)10;/h2-4H,12H2,1H3;1H/t4-;/m1./s1. The van der Waals surface area contributed by atoms with E-state index in [4.69, 9.17) is 5.73 Å². The SMILES string of the molecule is C[C@@H](N)c1ccc(F)c(F)c1F.Cl. The Morgan fingerprint density at radius 1 is 1.15 bits per heavy atom. The second kappa shape index (κ2) is 4.48. The number of halogens is 4. The fourth-order valence-corrected chi connectivity index (χ4v) is 0.893. The van der Waals surface area contributed by atoms with E-state index in [2.05, 4.69) is 0 Å². The molecule has 0 radical (unpaired) electrons. The molecule has 0 bridgehead atoms. The Morgan fingerprint density at radius 2 is 1.69 bits per heavy atom. The van der Waals surface area contributed by atoms with Crippen molar-refractivity contribution in [3.63, 3.8) is 0 Å². The van der Waals surface area contributed by atoms with Crippen molar-refractivity contribution < 1.29 is 13.2 Å². The Kier molecular flexibility index (Phi) is 4.23. The Hall–Kier alpha value is -0.740. The van der Waals surface area contributed by atoms with Crippen LogP contribution in [0.5, 0.6) is 0 Å². The second-order valence-electron chi connectivity index (χ2n) is 2.55. The molecule has 0 heterocycles. The third-order valence-corrected chi connectivity index (χ3v) is 1.56. The van der Waals surface area contributed by atoms with Gasteiger partial charge in [-0.2, -0.15) is 0 Å². The van der Waals surface area contributed by atoms with Crippen LogP contribution in [0.4, 0.5) is 13.2 Å². The van der Waals surface area contributed by atoms with Crippen LogP contribution in [0.15, 0.2) is 12.1 Å². The number of hydrogen-bond donors (Lipinski definition) is 1. The maximum Gasteiger partial charge on any atom is 0.194 e. The molecule has 0 unspecified atom stereocenters. The van der Waals surface area contributed by atoms with Crippen molar-refractivity contribution in [2.24, 2.45) is 5.73 Å². The average Bonchev–Trinajstić information content (AvgIpc) is 2.00. The van der Waals surface area contributed by atoms with E-state index in [9.17, 15) is 13.2 Å². The molecule has 0 amide bonds. The maximum atomic E-state index is 12.8. The van der Waals surface area contributed by atoms with Crippen LogP contribution in [-0.2, 0) is 0 Å². The smallest absolute Gasteiger partial charge is 0.194 e. The van der Waals surface area contributed by atoms with Gasteiger partial charge in [0.25, 0.3) is 0 Å². The molecule has 0 aliphatic heterocycles. The summed E-state index contributed by atoms with van der Waals surface area (Å²) < 4.78 is 37.7. The van der Waals surface area contributed by atoms with Gasteiger partial charge in [0.05, 0.1) is 0 Å². The third kappa shape index (κ3) is 2.35. The number of rotatable bonds is 1. The number of nitrogens with two attached hydrogens (primary N) is 1.